The molecule has 1 aliphatic rings. The normalized spacial score (nSPS) is 27.8. The number of likely N-dealkylation sites (N-methyl/N-ethyl adjacent to an activating group) is 1. The maximum Gasteiger partial charge on any atom is 0.202 e. The largest absolute Gasteiger partial charge is 0.297 e. The smallest absolute Gasteiger partial charge is 0.202 e. The molecule has 19 heavy (non-hydrogen) atoms. The number of carbonyl (C=O) groups excluding carboxylic acids is 1. The summed E-state index contributed by atoms with van der Waals surface area (Å²) in [6.45, 7) is 2.22. The highest BCUT2D eigenvalue weighted by Gasteiger charge is 2.45. The lowest BCUT2D eigenvalue weighted by molar-refractivity contribution is 0.0476. The molecular weight excluding hydrogens is 262 g/mol. The summed E-state index contributed by atoms with van der Waals surface area (Å²) in [5.74, 6) is 0.668. The summed E-state index contributed by atoms with van der Waals surface area (Å²) in [5, 5.41) is 4.54. The lowest BCUT2D eigenvalue weighted by Gasteiger charge is -2.43. The molecule has 4 nitrogen and oxygen atoms in total. The molecule has 0 saturated heterocycles. The molecular formula is C14H22ClN3O. The molecule has 0 radical (unpaired) electrons. The predicted octanol–water partition coefficient (Wildman–Crippen LogP) is 2.77. The summed E-state index contributed by atoms with van der Waals surface area (Å²) in [4.78, 5) is 15.1. The Bertz CT molecular complexity index is 464. The highest BCUT2D eigenvalue weighted by molar-refractivity contribution is 6.34. The second kappa shape index (κ2) is 5.25. The van der Waals surface area contributed by atoms with E-state index in [-0.39, 0.29) is 5.78 Å². The van der Waals surface area contributed by atoms with Crippen molar-refractivity contribution in [1.29, 1.82) is 0 Å². The maximum absolute atomic E-state index is 13.0. The van der Waals surface area contributed by atoms with Gasteiger partial charge in [0.25, 0.3) is 0 Å². The first-order valence-corrected chi connectivity index (χ1v) is 7.16. The highest BCUT2D eigenvalue weighted by Crippen LogP contribution is 2.39. The first-order valence-electron chi connectivity index (χ1n) is 6.78. The van der Waals surface area contributed by atoms with E-state index < -0.39 is 5.54 Å². The lowest BCUT2D eigenvalue weighted by Crippen LogP contribution is -2.54. The van der Waals surface area contributed by atoms with Crippen molar-refractivity contribution < 1.29 is 4.79 Å². The molecule has 1 aliphatic carbocycles. The summed E-state index contributed by atoms with van der Waals surface area (Å²) in [6.07, 6.45) is 5.61. The van der Waals surface area contributed by atoms with E-state index in [4.69, 9.17) is 11.6 Å². The topological polar surface area (TPSA) is 38.1 Å². The van der Waals surface area contributed by atoms with Crippen LogP contribution in [0.1, 0.15) is 43.1 Å². The number of aromatic nitrogens is 2. The quantitative estimate of drug-likeness (QED) is 0.801. The van der Waals surface area contributed by atoms with Crippen molar-refractivity contribution in [3.05, 3.63) is 16.9 Å². The van der Waals surface area contributed by atoms with Crippen LogP contribution in [-0.2, 0) is 7.05 Å². The Morgan fingerprint density at radius 1 is 1.58 bits per heavy atom. The summed E-state index contributed by atoms with van der Waals surface area (Å²) in [7, 11) is 5.75. The van der Waals surface area contributed by atoms with Gasteiger partial charge in [0, 0.05) is 7.05 Å². The van der Waals surface area contributed by atoms with Gasteiger partial charge in [0.05, 0.1) is 16.8 Å². The van der Waals surface area contributed by atoms with Gasteiger partial charge in [0.2, 0.25) is 5.78 Å². The van der Waals surface area contributed by atoms with Gasteiger partial charge in [-0.25, -0.2) is 0 Å². The van der Waals surface area contributed by atoms with Crippen molar-refractivity contribution in [3.63, 3.8) is 0 Å². The van der Waals surface area contributed by atoms with E-state index in [1.807, 2.05) is 14.1 Å². The molecule has 0 bridgehead atoms. The molecule has 106 valence electrons. The lowest BCUT2D eigenvalue weighted by atomic mass is 9.72. The van der Waals surface area contributed by atoms with Crippen molar-refractivity contribution >= 4 is 17.4 Å². The fourth-order valence-corrected chi connectivity index (χ4v) is 3.48. The van der Waals surface area contributed by atoms with Crippen molar-refractivity contribution in [2.75, 3.05) is 14.1 Å². The van der Waals surface area contributed by atoms with Crippen molar-refractivity contribution in [2.24, 2.45) is 13.0 Å². The number of hydrogen-bond acceptors (Lipinski definition) is 3. The van der Waals surface area contributed by atoms with Crippen LogP contribution in [0.3, 0.4) is 0 Å². The number of aryl methyl sites for hydroxylation is 1. The number of Topliss-reactive ketones (excluding diaryl/α,β-unsaturated/α-hetero) is 1. The van der Waals surface area contributed by atoms with Gasteiger partial charge in [-0.2, -0.15) is 5.10 Å². The third-order valence-electron chi connectivity index (χ3n) is 4.36. The monoisotopic (exact) mass is 283 g/mol. The Hall–Kier alpha value is -0.870. The maximum atomic E-state index is 13.0. The van der Waals surface area contributed by atoms with Gasteiger partial charge in [-0.3, -0.25) is 14.4 Å². The Morgan fingerprint density at radius 3 is 2.74 bits per heavy atom. The summed E-state index contributed by atoms with van der Waals surface area (Å²) < 4.78 is 1.59. The Morgan fingerprint density at radius 2 is 2.26 bits per heavy atom. The van der Waals surface area contributed by atoms with E-state index in [1.165, 1.54) is 6.42 Å². The van der Waals surface area contributed by atoms with Gasteiger partial charge >= 0.3 is 0 Å². The molecule has 1 fully saturated rings. The molecule has 1 saturated carbocycles. The van der Waals surface area contributed by atoms with Gasteiger partial charge in [-0.1, -0.05) is 31.4 Å². The minimum absolute atomic E-state index is 0.106. The van der Waals surface area contributed by atoms with Gasteiger partial charge in [-0.05, 0) is 32.9 Å². The molecule has 2 rings (SSSR count). The fraction of sp³-hybridized carbons (Fsp3) is 0.714. The third-order valence-corrected chi connectivity index (χ3v) is 4.64. The first-order chi connectivity index (χ1) is 8.88. The van der Waals surface area contributed by atoms with Crippen LogP contribution in [0.2, 0.25) is 5.02 Å². The predicted molar refractivity (Wildman–Crippen MR) is 76.6 cm³/mol. The standard InChI is InChI=1S/C14H22ClN3O/c1-10-6-5-7-14(8-10,17(2)3)13(19)12-11(15)9-16-18(12)4/h9-10H,5-8H2,1-4H3. The van der Waals surface area contributed by atoms with Crippen LogP contribution in [0.15, 0.2) is 6.20 Å². The van der Waals surface area contributed by atoms with Gasteiger partial charge in [-0.15, -0.1) is 0 Å². The molecule has 0 spiro atoms. The minimum Gasteiger partial charge on any atom is -0.297 e. The zero-order valence-corrected chi connectivity index (χ0v) is 12.9. The van der Waals surface area contributed by atoms with Crippen LogP contribution < -0.4 is 0 Å². The molecule has 1 aromatic rings. The summed E-state index contributed by atoms with van der Waals surface area (Å²) >= 11 is 6.14. The van der Waals surface area contributed by atoms with E-state index in [2.05, 4.69) is 16.9 Å². The van der Waals surface area contributed by atoms with E-state index in [0.717, 1.165) is 19.3 Å². The van der Waals surface area contributed by atoms with E-state index >= 15 is 0 Å². The second-order valence-electron chi connectivity index (χ2n) is 5.92. The summed E-state index contributed by atoms with van der Waals surface area (Å²) in [5.41, 5.74) is 0.0965. The van der Waals surface area contributed by atoms with Crippen molar-refractivity contribution in [3.8, 4) is 0 Å². The molecule has 0 aliphatic heterocycles. The fourth-order valence-electron chi connectivity index (χ4n) is 3.23. The van der Waals surface area contributed by atoms with Crippen LogP contribution in [0.5, 0.6) is 0 Å². The van der Waals surface area contributed by atoms with Gasteiger partial charge in [0.1, 0.15) is 5.69 Å². The molecule has 1 heterocycles. The summed E-state index contributed by atoms with van der Waals surface area (Å²) in [6, 6.07) is 0. The zero-order chi connectivity index (χ0) is 14.2. The number of halogens is 1. The zero-order valence-electron chi connectivity index (χ0n) is 12.1. The Kier molecular flexibility index (Phi) is 4.02. The van der Waals surface area contributed by atoms with Crippen LogP contribution in [-0.4, -0.2) is 40.1 Å². The molecule has 0 N–H and O–H groups in total. The molecule has 0 aromatic carbocycles. The van der Waals surface area contributed by atoms with E-state index in [9.17, 15) is 4.79 Å². The number of hydrogen-bond donors (Lipinski definition) is 0. The second-order valence-corrected chi connectivity index (χ2v) is 6.33. The first kappa shape index (κ1) is 14.5. The molecule has 2 unspecified atom stereocenters. The van der Waals surface area contributed by atoms with Gasteiger partial charge in [0.15, 0.2) is 0 Å². The van der Waals surface area contributed by atoms with Crippen LogP contribution in [0.4, 0.5) is 0 Å². The number of nitrogens with zero attached hydrogens (tertiary/aromatic N) is 3. The average molecular weight is 284 g/mol. The number of rotatable bonds is 3. The number of carbonyl (C=O) groups is 1. The molecule has 0 amide bonds. The van der Waals surface area contributed by atoms with Crippen LogP contribution in [0.25, 0.3) is 0 Å². The Balaban J connectivity index is 2.42. The molecule has 2 atom stereocenters. The third kappa shape index (κ3) is 2.43. The van der Waals surface area contributed by atoms with Crippen LogP contribution >= 0.6 is 11.6 Å². The van der Waals surface area contributed by atoms with Crippen LogP contribution in [0, 0.1) is 5.92 Å². The number of ketones is 1. The Labute approximate surface area is 119 Å². The molecule has 1 aromatic heterocycles. The van der Waals surface area contributed by atoms with Crippen molar-refractivity contribution in [1.82, 2.24) is 14.7 Å². The SMILES string of the molecule is CC1CCCC(C(=O)c2c(Cl)cnn2C)(N(C)C)C1. The van der Waals surface area contributed by atoms with Crippen molar-refractivity contribution in [2.45, 2.75) is 38.1 Å². The van der Waals surface area contributed by atoms with E-state index in [1.54, 1.807) is 17.9 Å². The van der Waals surface area contributed by atoms with E-state index in [0.29, 0.717) is 16.6 Å². The van der Waals surface area contributed by atoms with Gasteiger partial charge < -0.3 is 0 Å². The highest BCUT2D eigenvalue weighted by atomic mass is 35.5. The average Bonchev–Trinajstić information content (AvgIpc) is 2.67. The minimum atomic E-state index is -0.435. The molecule has 5 heteroatoms.